The SMILES string of the molecule is Cc1nnc(-c2cnc3[nH]ccc3c2N[C@H]2C[C@@H](N)C2)o1. The van der Waals surface area contributed by atoms with E-state index in [1.807, 2.05) is 12.3 Å². The van der Waals surface area contributed by atoms with Crippen molar-refractivity contribution in [1.82, 2.24) is 20.2 Å². The fourth-order valence-corrected chi connectivity index (χ4v) is 2.71. The largest absolute Gasteiger partial charge is 0.421 e. The van der Waals surface area contributed by atoms with Crippen molar-refractivity contribution in [1.29, 1.82) is 0 Å². The topological polar surface area (TPSA) is 106 Å². The summed E-state index contributed by atoms with van der Waals surface area (Å²) >= 11 is 0. The maximum Gasteiger partial charge on any atom is 0.251 e. The summed E-state index contributed by atoms with van der Waals surface area (Å²) < 4.78 is 5.55. The van der Waals surface area contributed by atoms with Crippen LogP contribution in [-0.2, 0) is 0 Å². The molecule has 21 heavy (non-hydrogen) atoms. The first-order chi connectivity index (χ1) is 10.2. The Morgan fingerprint density at radius 1 is 1.38 bits per heavy atom. The van der Waals surface area contributed by atoms with Crippen molar-refractivity contribution >= 4 is 16.7 Å². The monoisotopic (exact) mass is 284 g/mol. The van der Waals surface area contributed by atoms with Gasteiger partial charge in [-0.15, -0.1) is 10.2 Å². The summed E-state index contributed by atoms with van der Waals surface area (Å²) in [5.41, 5.74) is 8.50. The average Bonchev–Trinajstić information content (AvgIpc) is 3.05. The molecule has 1 aliphatic rings. The number of hydrogen-bond donors (Lipinski definition) is 3. The number of rotatable bonds is 3. The van der Waals surface area contributed by atoms with Gasteiger partial charge >= 0.3 is 0 Å². The van der Waals surface area contributed by atoms with Crippen LogP contribution in [0.15, 0.2) is 22.9 Å². The van der Waals surface area contributed by atoms with Crippen molar-refractivity contribution in [2.45, 2.75) is 31.8 Å². The summed E-state index contributed by atoms with van der Waals surface area (Å²) in [4.78, 5) is 7.52. The predicted molar refractivity (Wildman–Crippen MR) is 78.7 cm³/mol. The van der Waals surface area contributed by atoms with Gasteiger partial charge in [-0.25, -0.2) is 4.98 Å². The minimum atomic E-state index is 0.292. The molecule has 0 aliphatic heterocycles. The summed E-state index contributed by atoms with van der Waals surface area (Å²) in [5.74, 6) is 1.02. The van der Waals surface area contributed by atoms with Crippen molar-refractivity contribution in [3.63, 3.8) is 0 Å². The van der Waals surface area contributed by atoms with Gasteiger partial charge in [0.25, 0.3) is 5.89 Å². The molecule has 3 heterocycles. The summed E-state index contributed by atoms with van der Waals surface area (Å²) in [7, 11) is 0. The van der Waals surface area contributed by atoms with E-state index in [0.717, 1.165) is 35.1 Å². The van der Waals surface area contributed by atoms with Crippen molar-refractivity contribution in [2.24, 2.45) is 5.73 Å². The second-order valence-electron chi connectivity index (χ2n) is 5.49. The van der Waals surface area contributed by atoms with E-state index >= 15 is 0 Å². The average molecular weight is 284 g/mol. The van der Waals surface area contributed by atoms with E-state index in [0.29, 0.717) is 23.9 Å². The molecule has 1 aliphatic carbocycles. The van der Waals surface area contributed by atoms with Gasteiger partial charge in [0.15, 0.2) is 0 Å². The number of nitrogens with zero attached hydrogens (tertiary/aromatic N) is 3. The summed E-state index contributed by atoms with van der Waals surface area (Å²) in [6, 6.07) is 2.67. The summed E-state index contributed by atoms with van der Waals surface area (Å²) in [5, 5.41) is 12.6. The standard InChI is InChI=1S/C14H16N6O/c1-7-19-20-14(21-7)11-6-17-13-10(2-3-16-13)12(11)18-9-4-8(15)5-9/h2-3,6,8-9H,4-5,15H2,1H3,(H2,16,17,18)/t8-,9+. The Labute approximate surface area is 121 Å². The Morgan fingerprint density at radius 3 is 2.95 bits per heavy atom. The second kappa shape index (κ2) is 4.56. The van der Waals surface area contributed by atoms with Crippen LogP contribution in [0, 0.1) is 6.92 Å². The highest BCUT2D eigenvalue weighted by atomic mass is 16.4. The van der Waals surface area contributed by atoms with Crippen LogP contribution in [0.3, 0.4) is 0 Å². The van der Waals surface area contributed by atoms with E-state index in [1.54, 1.807) is 13.1 Å². The predicted octanol–water partition coefficient (Wildman–Crippen LogP) is 1.82. The Balaban J connectivity index is 1.81. The van der Waals surface area contributed by atoms with Crippen LogP contribution in [0.25, 0.3) is 22.5 Å². The molecular formula is C14H16N6O. The molecule has 0 spiro atoms. The van der Waals surface area contributed by atoms with Crippen LogP contribution in [-0.4, -0.2) is 32.2 Å². The Bertz CT molecular complexity index is 786. The van der Waals surface area contributed by atoms with E-state index in [-0.39, 0.29) is 0 Å². The first-order valence-corrected chi connectivity index (χ1v) is 6.99. The molecule has 4 N–H and O–H groups in total. The Hall–Kier alpha value is -2.41. The second-order valence-corrected chi connectivity index (χ2v) is 5.49. The van der Waals surface area contributed by atoms with E-state index in [9.17, 15) is 0 Å². The number of H-pyrrole nitrogens is 1. The molecule has 0 bridgehead atoms. The molecule has 108 valence electrons. The Morgan fingerprint density at radius 2 is 2.24 bits per heavy atom. The molecule has 1 fully saturated rings. The minimum Gasteiger partial charge on any atom is -0.421 e. The van der Waals surface area contributed by atoms with Gasteiger partial charge in [-0.05, 0) is 18.9 Å². The molecule has 4 rings (SSSR count). The molecule has 3 aromatic heterocycles. The third-order valence-corrected chi connectivity index (χ3v) is 3.87. The molecule has 1 saturated carbocycles. The first kappa shape index (κ1) is 12.3. The first-order valence-electron chi connectivity index (χ1n) is 6.99. The lowest BCUT2D eigenvalue weighted by Crippen LogP contribution is -2.44. The molecular weight excluding hydrogens is 268 g/mol. The zero-order chi connectivity index (χ0) is 14.4. The highest BCUT2D eigenvalue weighted by molar-refractivity contribution is 5.97. The van der Waals surface area contributed by atoms with Gasteiger partial charge in [0.05, 0.1) is 11.3 Å². The number of aromatic amines is 1. The van der Waals surface area contributed by atoms with Crippen LogP contribution in [0.2, 0.25) is 0 Å². The normalized spacial score (nSPS) is 21.4. The fourth-order valence-electron chi connectivity index (χ4n) is 2.71. The number of anilines is 1. The number of aryl methyl sites for hydroxylation is 1. The van der Waals surface area contributed by atoms with E-state index < -0.39 is 0 Å². The van der Waals surface area contributed by atoms with Crippen LogP contribution >= 0.6 is 0 Å². The minimum absolute atomic E-state index is 0.292. The maximum atomic E-state index is 5.87. The summed E-state index contributed by atoms with van der Waals surface area (Å²) in [6.45, 7) is 1.77. The number of nitrogens with one attached hydrogen (secondary N) is 2. The molecule has 0 radical (unpaired) electrons. The number of nitrogens with two attached hydrogens (primary N) is 1. The van der Waals surface area contributed by atoms with Crippen LogP contribution in [0.4, 0.5) is 5.69 Å². The van der Waals surface area contributed by atoms with Crippen LogP contribution < -0.4 is 11.1 Å². The number of aromatic nitrogens is 4. The fraction of sp³-hybridized carbons (Fsp3) is 0.357. The van der Waals surface area contributed by atoms with Gasteiger partial charge in [-0.2, -0.15) is 0 Å². The lowest BCUT2D eigenvalue weighted by molar-refractivity contribution is 0.374. The molecule has 0 amide bonds. The lowest BCUT2D eigenvalue weighted by Gasteiger charge is -2.34. The van der Waals surface area contributed by atoms with Crippen molar-refractivity contribution in [2.75, 3.05) is 5.32 Å². The van der Waals surface area contributed by atoms with E-state index in [2.05, 4.69) is 25.5 Å². The van der Waals surface area contributed by atoms with Gasteiger partial charge in [0.2, 0.25) is 5.89 Å². The molecule has 7 heteroatoms. The smallest absolute Gasteiger partial charge is 0.251 e. The third-order valence-electron chi connectivity index (χ3n) is 3.87. The number of pyridine rings is 1. The van der Waals surface area contributed by atoms with Gasteiger partial charge in [0.1, 0.15) is 5.65 Å². The Kier molecular flexibility index (Phi) is 2.68. The molecule has 0 atom stereocenters. The van der Waals surface area contributed by atoms with Crippen LogP contribution in [0.1, 0.15) is 18.7 Å². The van der Waals surface area contributed by atoms with Crippen molar-refractivity contribution < 1.29 is 4.42 Å². The van der Waals surface area contributed by atoms with Gasteiger partial charge in [0, 0.05) is 36.8 Å². The van der Waals surface area contributed by atoms with Gasteiger partial charge < -0.3 is 20.5 Å². The third kappa shape index (κ3) is 2.06. The van der Waals surface area contributed by atoms with Gasteiger partial charge in [-0.3, -0.25) is 0 Å². The zero-order valence-electron chi connectivity index (χ0n) is 11.6. The summed E-state index contributed by atoms with van der Waals surface area (Å²) in [6.07, 6.45) is 5.57. The number of hydrogen-bond acceptors (Lipinski definition) is 6. The molecule has 0 saturated heterocycles. The molecule has 0 aromatic carbocycles. The quantitative estimate of drug-likeness (QED) is 0.677. The van der Waals surface area contributed by atoms with E-state index in [4.69, 9.17) is 10.2 Å². The van der Waals surface area contributed by atoms with E-state index in [1.165, 1.54) is 0 Å². The van der Waals surface area contributed by atoms with Gasteiger partial charge in [-0.1, -0.05) is 0 Å². The highest BCUT2D eigenvalue weighted by Crippen LogP contribution is 2.35. The number of fused-ring (bicyclic) bond motifs is 1. The molecule has 3 aromatic rings. The molecule has 7 nitrogen and oxygen atoms in total. The van der Waals surface area contributed by atoms with Crippen LogP contribution in [0.5, 0.6) is 0 Å². The zero-order valence-corrected chi connectivity index (χ0v) is 11.6. The maximum absolute atomic E-state index is 5.87. The highest BCUT2D eigenvalue weighted by Gasteiger charge is 2.27. The van der Waals surface area contributed by atoms with Crippen molar-refractivity contribution in [3.05, 3.63) is 24.4 Å². The lowest BCUT2D eigenvalue weighted by atomic mass is 9.87. The molecule has 0 unspecified atom stereocenters. The van der Waals surface area contributed by atoms with Crippen molar-refractivity contribution in [3.8, 4) is 11.5 Å².